The summed E-state index contributed by atoms with van der Waals surface area (Å²) in [4.78, 5) is 0. The molecule has 2 heterocycles. The standard InChI is InChI=1S/C30H34O10/c1-35-24-10-16(4-7-21(24)32)28(34)27(13-31)40-23-9-6-18(12-26(23)37-3)30-20-15-38-29(19(20)14-39-30)17-5-8-22(33)25(11-17)36-2/h4-12,19-20,27-34H,13-15H2,1-3H3. The second kappa shape index (κ2) is 11.8. The van der Waals surface area contributed by atoms with Crippen LogP contribution in [0.5, 0.6) is 34.5 Å². The van der Waals surface area contributed by atoms with Gasteiger partial charge in [-0.2, -0.15) is 0 Å². The number of rotatable bonds is 10. The lowest BCUT2D eigenvalue weighted by atomic mass is 9.85. The van der Waals surface area contributed by atoms with Gasteiger partial charge in [0.25, 0.3) is 0 Å². The second-order valence-corrected chi connectivity index (χ2v) is 9.89. The second-order valence-electron chi connectivity index (χ2n) is 9.89. The van der Waals surface area contributed by atoms with Crippen LogP contribution in [0.4, 0.5) is 0 Å². The first kappa shape index (κ1) is 27.9. The molecule has 2 aliphatic rings. The van der Waals surface area contributed by atoms with Crippen LogP contribution in [0.3, 0.4) is 0 Å². The molecule has 5 rings (SSSR count). The Morgan fingerprint density at radius 1 is 0.725 bits per heavy atom. The van der Waals surface area contributed by atoms with Crippen molar-refractivity contribution in [3.05, 3.63) is 71.3 Å². The molecule has 0 radical (unpaired) electrons. The lowest BCUT2D eigenvalue weighted by Gasteiger charge is -2.25. The SMILES string of the molecule is COc1cc(C(O)C(CO)Oc2ccc(C3OCC4C(c5ccc(O)c(OC)c5)OCC34)cc2OC)ccc1O. The molecule has 40 heavy (non-hydrogen) atoms. The third-order valence-electron chi connectivity index (χ3n) is 7.67. The molecule has 0 aromatic heterocycles. The molecule has 10 heteroatoms. The number of ether oxygens (including phenoxy) is 6. The van der Waals surface area contributed by atoms with Gasteiger partial charge in [-0.15, -0.1) is 0 Å². The quantitative estimate of drug-likeness (QED) is 0.294. The summed E-state index contributed by atoms with van der Waals surface area (Å²) in [5, 5.41) is 40.7. The highest BCUT2D eigenvalue weighted by Crippen LogP contribution is 2.51. The first-order chi connectivity index (χ1) is 19.4. The van der Waals surface area contributed by atoms with E-state index in [-0.39, 0.29) is 41.3 Å². The van der Waals surface area contributed by atoms with Crippen molar-refractivity contribution in [2.75, 3.05) is 41.2 Å². The van der Waals surface area contributed by atoms with Gasteiger partial charge in [-0.1, -0.05) is 18.2 Å². The highest BCUT2D eigenvalue weighted by atomic mass is 16.5. The van der Waals surface area contributed by atoms with Crippen LogP contribution in [-0.2, 0) is 9.47 Å². The van der Waals surface area contributed by atoms with E-state index in [2.05, 4.69) is 0 Å². The number of phenols is 2. The van der Waals surface area contributed by atoms with E-state index in [9.17, 15) is 20.4 Å². The molecular weight excluding hydrogens is 520 g/mol. The lowest BCUT2D eigenvalue weighted by Crippen LogP contribution is -2.29. The number of hydrogen-bond donors (Lipinski definition) is 4. The number of benzene rings is 3. The average Bonchev–Trinajstić information content (AvgIpc) is 3.59. The third-order valence-corrected chi connectivity index (χ3v) is 7.67. The molecule has 2 aliphatic heterocycles. The molecule has 3 aromatic carbocycles. The molecule has 0 amide bonds. The number of aromatic hydroxyl groups is 2. The molecule has 0 spiro atoms. The Labute approximate surface area is 232 Å². The van der Waals surface area contributed by atoms with Gasteiger partial charge < -0.3 is 48.8 Å². The van der Waals surface area contributed by atoms with Crippen molar-refractivity contribution in [3.63, 3.8) is 0 Å². The normalized spacial score (nSPS) is 23.3. The predicted molar refractivity (Wildman–Crippen MR) is 143 cm³/mol. The monoisotopic (exact) mass is 554 g/mol. The van der Waals surface area contributed by atoms with E-state index in [0.29, 0.717) is 36.0 Å². The zero-order chi connectivity index (χ0) is 28.4. The van der Waals surface area contributed by atoms with Crippen LogP contribution >= 0.6 is 0 Å². The summed E-state index contributed by atoms with van der Waals surface area (Å²) in [6.45, 7) is 0.558. The summed E-state index contributed by atoms with van der Waals surface area (Å²) in [5.41, 5.74) is 2.23. The molecule has 0 bridgehead atoms. The van der Waals surface area contributed by atoms with Crippen molar-refractivity contribution in [2.45, 2.75) is 24.4 Å². The van der Waals surface area contributed by atoms with Crippen molar-refractivity contribution < 1.29 is 48.8 Å². The molecule has 214 valence electrons. The molecule has 4 N–H and O–H groups in total. The van der Waals surface area contributed by atoms with Gasteiger partial charge in [-0.3, -0.25) is 0 Å². The minimum atomic E-state index is -1.20. The molecule has 0 aliphatic carbocycles. The fraction of sp³-hybridized carbons (Fsp3) is 0.400. The van der Waals surface area contributed by atoms with Gasteiger partial charge in [0.15, 0.2) is 40.6 Å². The smallest absolute Gasteiger partial charge is 0.161 e. The summed E-state index contributed by atoms with van der Waals surface area (Å²) in [6.07, 6.45) is -2.61. The lowest BCUT2D eigenvalue weighted by molar-refractivity contribution is -0.000695. The molecule has 2 fully saturated rings. The van der Waals surface area contributed by atoms with Crippen molar-refractivity contribution in [3.8, 4) is 34.5 Å². The van der Waals surface area contributed by atoms with Crippen LogP contribution in [0.25, 0.3) is 0 Å². The van der Waals surface area contributed by atoms with E-state index in [1.54, 1.807) is 18.2 Å². The van der Waals surface area contributed by atoms with Crippen LogP contribution in [0.1, 0.15) is 35.0 Å². The number of methoxy groups -OCH3 is 3. The third kappa shape index (κ3) is 5.23. The zero-order valence-electron chi connectivity index (χ0n) is 22.5. The topological polar surface area (TPSA) is 136 Å². The molecule has 0 saturated carbocycles. The van der Waals surface area contributed by atoms with Gasteiger partial charge in [-0.05, 0) is 53.1 Å². The first-order valence-electron chi connectivity index (χ1n) is 13.0. The van der Waals surface area contributed by atoms with Gasteiger partial charge in [0.2, 0.25) is 0 Å². The van der Waals surface area contributed by atoms with Crippen molar-refractivity contribution in [2.24, 2.45) is 11.8 Å². The Hall–Kier alpha value is -3.70. The molecule has 6 unspecified atom stereocenters. The minimum Gasteiger partial charge on any atom is -0.504 e. The Kier molecular flexibility index (Phi) is 8.22. The summed E-state index contributed by atoms with van der Waals surface area (Å²) in [6, 6.07) is 15.1. The summed E-state index contributed by atoms with van der Waals surface area (Å²) in [7, 11) is 4.45. The Morgan fingerprint density at radius 2 is 1.25 bits per heavy atom. The minimum absolute atomic E-state index is 0.0599. The average molecular weight is 555 g/mol. The van der Waals surface area contributed by atoms with E-state index in [1.807, 2.05) is 18.2 Å². The van der Waals surface area contributed by atoms with E-state index >= 15 is 0 Å². The Morgan fingerprint density at radius 3 is 1.82 bits per heavy atom. The number of fused-ring (bicyclic) bond motifs is 1. The zero-order valence-corrected chi connectivity index (χ0v) is 22.5. The van der Waals surface area contributed by atoms with Crippen LogP contribution in [0.2, 0.25) is 0 Å². The highest BCUT2D eigenvalue weighted by molar-refractivity contribution is 5.46. The molecule has 3 aromatic rings. The fourth-order valence-corrected chi connectivity index (χ4v) is 5.52. The number of hydrogen-bond acceptors (Lipinski definition) is 10. The molecular formula is C30H34O10. The Bertz CT molecular complexity index is 1330. The number of aliphatic hydroxyl groups is 2. The van der Waals surface area contributed by atoms with E-state index in [0.717, 1.165) is 11.1 Å². The Balaban J connectivity index is 1.32. The van der Waals surface area contributed by atoms with Crippen LogP contribution in [0, 0.1) is 11.8 Å². The summed E-state index contributed by atoms with van der Waals surface area (Å²) in [5.74, 6) is 1.63. The van der Waals surface area contributed by atoms with E-state index in [1.165, 1.54) is 39.5 Å². The van der Waals surface area contributed by atoms with Gasteiger partial charge in [-0.25, -0.2) is 0 Å². The van der Waals surface area contributed by atoms with Crippen molar-refractivity contribution in [1.29, 1.82) is 0 Å². The molecule has 2 saturated heterocycles. The van der Waals surface area contributed by atoms with E-state index < -0.39 is 18.8 Å². The number of aliphatic hydroxyl groups excluding tert-OH is 2. The largest absolute Gasteiger partial charge is 0.504 e. The van der Waals surface area contributed by atoms with Gasteiger partial charge in [0.1, 0.15) is 6.10 Å². The maximum Gasteiger partial charge on any atom is 0.161 e. The van der Waals surface area contributed by atoms with Gasteiger partial charge in [0, 0.05) is 11.8 Å². The van der Waals surface area contributed by atoms with Crippen LogP contribution in [-0.4, -0.2) is 67.7 Å². The van der Waals surface area contributed by atoms with Crippen LogP contribution < -0.4 is 18.9 Å². The predicted octanol–water partition coefficient (Wildman–Crippen LogP) is 3.67. The van der Waals surface area contributed by atoms with Crippen molar-refractivity contribution in [1.82, 2.24) is 0 Å². The molecule has 10 nitrogen and oxygen atoms in total. The highest BCUT2D eigenvalue weighted by Gasteiger charge is 2.48. The first-order valence-corrected chi connectivity index (χ1v) is 13.0. The fourth-order valence-electron chi connectivity index (χ4n) is 5.52. The van der Waals surface area contributed by atoms with Crippen molar-refractivity contribution >= 4 is 0 Å². The van der Waals surface area contributed by atoms with Crippen LogP contribution in [0.15, 0.2) is 54.6 Å². The maximum atomic E-state index is 10.9. The summed E-state index contributed by atoms with van der Waals surface area (Å²) < 4.78 is 34.4. The number of phenolic OH excluding ortho intramolecular Hbond substituents is 2. The van der Waals surface area contributed by atoms with Gasteiger partial charge >= 0.3 is 0 Å². The summed E-state index contributed by atoms with van der Waals surface area (Å²) >= 11 is 0. The van der Waals surface area contributed by atoms with Gasteiger partial charge in [0.05, 0.1) is 53.4 Å². The molecule has 6 atom stereocenters. The van der Waals surface area contributed by atoms with E-state index in [4.69, 9.17) is 28.4 Å². The maximum absolute atomic E-state index is 10.9.